The van der Waals surface area contributed by atoms with Crippen molar-refractivity contribution < 1.29 is 13.2 Å². The standard InChI is InChI=1S/C21H23ClN4O3S2/c1-4-14(5-2)20-24-25-21(30-20)23-19(27)17-12-16(9-10-18(17)22)31(28,29)26-15-8-6-7-13(3)11-15/h6-12,14,26H,4-5H2,1-3H3,(H,23,25,27). The van der Waals surface area contributed by atoms with Gasteiger partial charge in [-0.05, 0) is 55.7 Å². The number of aromatic nitrogens is 2. The van der Waals surface area contributed by atoms with Crippen molar-refractivity contribution in [3.8, 4) is 0 Å². The Morgan fingerprint density at radius 1 is 1.13 bits per heavy atom. The van der Waals surface area contributed by atoms with Gasteiger partial charge in [-0.3, -0.25) is 14.8 Å². The van der Waals surface area contributed by atoms with E-state index in [2.05, 4.69) is 34.1 Å². The van der Waals surface area contributed by atoms with Crippen LogP contribution in [0.15, 0.2) is 47.4 Å². The van der Waals surface area contributed by atoms with E-state index in [1.807, 2.05) is 13.0 Å². The maximum Gasteiger partial charge on any atom is 0.261 e. The van der Waals surface area contributed by atoms with Crippen LogP contribution in [0, 0.1) is 6.92 Å². The number of hydrogen-bond acceptors (Lipinski definition) is 6. The molecule has 3 rings (SSSR count). The minimum atomic E-state index is -3.90. The second-order valence-corrected chi connectivity index (χ2v) is 10.1. The van der Waals surface area contributed by atoms with E-state index in [9.17, 15) is 13.2 Å². The predicted octanol–water partition coefficient (Wildman–Crippen LogP) is 5.46. The molecule has 3 aromatic rings. The van der Waals surface area contributed by atoms with E-state index >= 15 is 0 Å². The first-order valence-corrected chi connectivity index (χ1v) is 12.4. The summed E-state index contributed by atoms with van der Waals surface area (Å²) in [5, 5.41) is 12.2. The first-order valence-electron chi connectivity index (χ1n) is 9.77. The van der Waals surface area contributed by atoms with Crippen molar-refractivity contribution in [1.29, 1.82) is 0 Å². The number of nitrogens with zero attached hydrogens (tertiary/aromatic N) is 2. The lowest BCUT2D eigenvalue weighted by Crippen LogP contribution is -2.16. The molecule has 1 amide bonds. The summed E-state index contributed by atoms with van der Waals surface area (Å²) in [6.45, 7) is 6.01. The van der Waals surface area contributed by atoms with Gasteiger partial charge in [0.2, 0.25) is 5.13 Å². The highest BCUT2D eigenvalue weighted by atomic mass is 35.5. The Hall–Kier alpha value is -2.49. The molecule has 0 aliphatic heterocycles. The zero-order valence-corrected chi connectivity index (χ0v) is 19.7. The van der Waals surface area contributed by atoms with Gasteiger partial charge < -0.3 is 0 Å². The molecule has 0 atom stereocenters. The zero-order valence-electron chi connectivity index (χ0n) is 17.3. The van der Waals surface area contributed by atoms with Crippen LogP contribution in [0.4, 0.5) is 10.8 Å². The summed E-state index contributed by atoms with van der Waals surface area (Å²) in [5.41, 5.74) is 1.39. The number of halogens is 1. The van der Waals surface area contributed by atoms with Crippen molar-refractivity contribution in [1.82, 2.24) is 10.2 Å². The molecule has 0 spiro atoms. The van der Waals surface area contributed by atoms with Crippen molar-refractivity contribution in [3.63, 3.8) is 0 Å². The van der Waals surface area contributed by atoms with E-state index in [0.717, 1.165) is 23.4 Å². The lowest BCUT2D eigenvalue weighted by atomic mass is 10.1. The van der Waals surface area contributed by atoms with Crippen LogP contribution in [-0.2, 0) is 10.0 Å². The molecule has 7 nitrogen and oxygen atoms in total. The van der Waals surface area contributed by atoms with Gasteiger partial charge in [-0.2, -0.15) is 0 Å². The van der Waals surface area contributed by atoms with Crippen LogP contribution in [0.25, 0.3) is 0 Å². The van der Waals surface area contributed by atoms with E-state index < -0.39 is 15.9 Å². The van der Waals surface area contributed by atoms with E-state index in [1.165, 1.54) is 29.5 Å². The van der Waals surface area contributed by atoms with Crippen LogP contribution in [0.1, 0.15) is 53.5 Å². The summed E-state index contributed by atoms with van der Waals surface area (Å²) in [5.74, 6) is -0.266. The molecule has 0 saturated heterocycles. The van der Waals surface area contributed by atoms with E-state index in [1.54, 1.807) is 18.2 Å². The maximum atomic E-state index is 12.8. The van der Waals surface area contributed by atoms with Crippen LogP contribution in [-0.4, -0.2) is 24.5 Å². The molecule has 10 heteroatoms. The van der Waals surface area contributed by atoms with E-state index in [4.69, 9.17) is 11.6 Å². The summed E-state index contributed by atoms with van der Waals surface area (Å²) in [6.07, 6.45) is 1.86. The molecule has 2 aromatic carbocycles. The largest absolute Gasteiger partial charge is 0.296 e. The van der Waals surface area contributed by atoms with Gasteiger partial charge in [0.25, 0.3) is 15.9 Å². The number of aryl methyl sites for hydroxylation is 1. The highest BCUT2D eigenvalue weighted by Crippen LogP contribution is 2.29. The van der Waals surface area contributed by atoms with Crippen molar-refractivity contribution in [2.24, 2.45) is 0 Å². The van der Waals surface area contributed by atoms with Gasteiger partial charge in [-0.15, -0.1) is 10.2 Å². The molecule has 0 saturated carbocycles. The summed E-state index contributed by atoms with van der Waals surface area (Å²) >= 11 is 7.48. The first-order chi connectivity index (χ1) is 14.7. The quantitative estimate of drug-likeness (QED) is 0.447. The third kappa shape index (κ3) is 5.61. The lowest BCUT2D eigenvalue weighted by Gasteiger charge is -2.11. The SMILES string of the molecule is CCC(CC)c1nnc(NC(=O)c2cc(S(=O)(=O)Nc3cccc(C)c3)ccc2Cl)s1. The number of hydrogen-bond donors (Lipinski definition) is 2. The fourth-order valence-corrected chi connectivity index (χ4v) is 5.30. The molecular formula is C21H23ClN4O3S2. The summed E-state index contributed by atoms with van der Waals surface area (Å²) in [6, 6.07) is 11.0. The Labute approximate surface area is 190 Å². The number of benzene rings is 2. The van der Waals surface area contributed by atoms with Crippen LogP contribution in [0.5, 0.6) is 0 Å². The minimum Gasteiger partial charge on any atom is -0.296 e. The van der Waals surface area contributed by atoms with Crippen LogP contribution in [0.3, 0.4) is 0 Å². The van der Waals surface area contributed by atoms with Gasteiger partial charge in [0, 0.05) is 11.6 Å². The van der Waals surface area contributed by atoms with Gasteiger partial charge in [0.05, 0.1) is 15.5 Å². The van der Waals surface area contributed by atoms with Crippen molar-refractivity contribution in [2.45, 2.75) is 44.4 Å². The molecule has 0 fully saturated rings. The molecule has 0 aliphatic carbocycles. The smallest absolute Gasteiger partial charge is 0.261 e. The Bertz CT molecular complexity index is 1190. The number of nitrogens with one attached hydrogen (secondary N) is 2. The molecular weight excluding hydrogens is 456 g/mol. The molecule has 31 heavy (non-hydrogen) atoms. The van der Waals surface area contributed by atoms with Gasteiger partial charge >= 0.3 is 0 Å². The van der Waals surface area contributed by atoms with Crippen molar-refractivity contribution in [2.75, 3.05) is 10.0 Å². The summed E-state index contributed by atoms with van der Waals surface area (Å²) < 4.78 is 28.1. The van der Waals surface area contributed by atoms with Gasteiger partial charge in [0.15, 0.2) is 0 Å². The topological polar surface area (TPSA) is 101 Å². The second kappa shape index (κ2) is 9.76. The Morgan fingerprint density at radius 2 is 1.87 bits per heavy atom. The average Bonchev–Trinajstić information content (AvgIpc) is 3.17. The van der Waals surface area contributed by atoms with Gasteiger partial charge in [-0.25, -0.2) is 8.42 Å². The highest BCUT2D eigenvalue weighted by molar-refractivity contribution is 7.92. The number of carbonyl (C=O) groups is 1. The third-order valence-corrected chi connectivity index (χ3v) is 7.47. The number of amides is 1. The first kappa shape index (κ1) is 23.2. The molecule has 1 aromatic heterocycles. The minimum absolute atomic E-state index is 0.0352. The second-order valence-electron chi connectivity index (χ2n) is 7.03. The Kier molecular flexibility index (Phi) is 7.30. The summed E-state index contributed by atoms with van der Waals surface area (Å²) in [4.78, 5) is 12.7. The molecule has 2 N–H and O–H groups in total. The maximum absolute atomic E-state index is 12.8. The number of anilines is 2. The molecule has 0 aliphatic rings. The fraction of sp³-hybridized carbons (Fsp3) is 0.286. The average molecular weight is 479 g/mol. The molecule has 0 unspecified atom stereocenters. The van der Waals surface area contributed by atoms with Gasteiger partial charge in [-0.1, -0.05) is 48.9 Å². The number of carbonyl (C=O) groups excluding carboxylic acids is 1. The third-order valence-electron chi connectivity index (χ3n) is 4.76. The lowest BCUT2D eigenvalue weighted by molar-refractivity contribution is 0.102. The fourth-order valence-electron chi connectivity index (χ4n) is 3.02. The zero-order chi connectivity index (χ0) is 22.6. The molecule has 1 heterocycles. The molecule has 0 bridgehead atoms. The van der Waals surface area contributed by atoms with Crippen LogP contribution in [0.2, 0.25) is 5.02 Å². The van der Waals surface area contributed by atoms with E-state index in [0.29, 0.717) is 10.8 Å². The molecule has 164 valence electrons. The Morgan fingerprint density at radius 3 is 2.55 bits per heavy atom. The van der Waals surface area contributed by atoms with Crippen LogP contribution >= 0.6 is 22.9 Å². The van der Waals surface area contributed by atoms with E-state index in [-0.39, 0.29) is 21.4 Å². The number of sulfonamides is 1. The van der Waals surface area contributed by atoms with Gasteiger partial charge in [0.1, 0.15) is 5.01 Å². The monoisotopic (exact) mass is 478 g/mol. The predicted molar refractivity (Wildman–Crippen MR) is 125 cm³/mol. The molecule has 0 radical (unpaired) electrons. The summed E-state index contributed by atoms with van der Waals surface area (Å²) in [7, 11) is -3.90. The normalized spacial score (nSPS) is 11.5. The van der Waals surface area contributed by atoms with Crippen molar-refractivity contribution in [3.05, 3.63) is 63.6 Å². The highest BCUT2D eigenvalue weighted by Gasteiger charge is 2.21. The number of rotatable bonds is 8. The Balaban J connectivity index is 1.82. The van der Waals surface area contributed by atoms with Crippen molar-refractivity contribution >= 4 is 49.7 Å². The van der Waals surface area contributed by atoms with Crippen LogP contribution < -0.4 is 10.0 Å².